The number of hydrogen-bond acceptors (Lipinski definition) is 2. The van der Waals surface area contributed by atoms with Crippen molar-refractivity contribution in [2.45, 2.75) is 32.9 Å². The molecule has 0 aliphatic carbocycles. The van der Waals surface area contributed by atoms with Crippen molar-refractivity contribution in [2.75, 3.05) is 6.54 Å². The molecule has 1 aliphatic heterocycles. The standard InChI is InChI=1S/C12H17NO/c1-9(2)13-7-6-11-10(8-13)4-3-5-12(11)14/h3-5,9,14H,6-8H2,1-2H3. The van der Waals surface area contributed by atoms with Crippen molar-refractivity contribution in [3.8, 4) is 5.75 Å². The lowest BCUT2D eigenvalue weighted by molar-refractivity contribution is 0.202. The number of rotatable bonds is 1. The highest BCUT2D eigenvalue weighted by Gasteiger charge is 2.19. The summed E-state index contributed by atoms with van der Waals surface area (Å²) < 4.78 is 0. The van der Waals surface area contributed by atoms with E-state index >= 15 is 0 Å². The average Bonchev–Trinajstić information content (AvgIpc) is 2.17. The molecule has 1 heterocycles. The first kappa shape index (κ1) is 9.53. The lowest BCUT2D eigenvalue weighted by atomic mass is 9.98. The lowest BCUT2D eigenvalue weighted by Crippen LogP contribution is -2.35. The molecule has 2 heteroatoms. The van der Waals surface area contributed by atoms with Crippen LogP contribution in [-0.2, 0) is 13.0 Å². The Hall–Kier alpha value is -1.02. The molecule has 0 spiro atoms. The smallest absolute Gasteiger partial charge is 0.119 e. The number of phenols is 1. The molecule has 1 aromatic rings. The molecule has 0 atom stereocenters. The third kappa shape index (κ3) is 1.62. The highest BCUT2D eigenvalue weighted by molar-refractivity contribution is 5.40. The number of fused-ring (bicyclic) bond motifs is 1. The van der Waals surface area contributed by atoms with E-state index in [1.165, 1.54) is 5.56 Å². The van der Waals surface area contributed by atoms with Crippen LogP contribution in [0.4, 0.5) is 0 Å². The van der Waals surface area contributed by atoms with Gasteiger partial charge in [-0.1, -0.05) is 12.1 Å². The Bertz CT molecular complexity index is 333. The predicted molar refractivity (Wildman–Crippen MR) is 57.4 cm³/mol. The molecule has 0 amide bonds. The largest absolute Gasteiger partial charge is 0.508 e. The molecule has 0 aromatic heterocycles. The van der Waals surface area contributed by atoms with Gasteiger partial charge in [-0.3, -0.25) is 4.90 Å². The van der Waals surface area contributed by atoms with Crippen molar-refractivity contribution in [1.82, 2.24) is 4.90 Å². The van der Waals surface area contributed by atoms with Crippen molar-refractivity contribution in [3.05, 3.63) is 29.3 Å². The van der Waals surface area contributed by atoms with Gasteiger partial charge >= 0.3 is 0 Å². The van der Waals surface area contributed by atoms with Crippen molar-refractivity contribution in [1.29, 1.82) is 0 Å². The monoisotopic (exact) mass is 191 g/mol. The third-order valence-corrected chi connectivity index (χ3v) is 3.00. The minimum Gasteiger partial charge on any atom is -0.508 e. The first-order valence-electron chi connectivity index (χ1n) is 5.22. The number of nitrogens with zero attached hydrogens (tertiary/aromatic N) is 1. The first-order chi connectivity index (χ1) is 6.68. The fraction of sp³-hybridized carbons (Fsp3) is 0.500. The molecule has 2 nitrogen and oxygen atoms in total. The van der Waals surface area contributed by atoms with Gasteiger partial charge in [-0.05, 0) is 37.5 Å². The van der Waals surface area contributed by atoms with Crippen LogP contribution in [0.5, 0.6) is 5.75 Å². The van der Waals surface area contributed by atoms with Crippen LogP contribution in [0.15, 0.2) is 18.2 Å². The van der Waals surface area contributed by atoms with Gasteiger partial charge in [0.25, 0.3) is 0 Å². The maximum Gasteiger partial charge on any atom is 0.119 e. The fourth-order valence-corrected chi connectivity index (χ4v) is 2.05. The van der Waals surface area contributed by atoms with Crippen LogP contribution in [0.2, 0.25) is 0 Å². The molecule has 0 unspecified atom stereocenters. The zero-order valence-corrected chi connectivity index (χ0v) is 8.83. The Labute approximate surface area is 85.2 Å². The SMILES string of the molecule is CC(C)N1CCc2c(O)cccc2C1. The van der Waals surface area contributed by atoms with Crippen LogP contribution in [0.3, 0.4) is 0 Å². The Morgan fingerprint density at radius 1 is 1.36 bits per heavy atom. The van der Waals surface area contributed by atoms with Crippen LogP contribution < -0.4 is 0 Å². The highest BCUT2D eigenvalue weighted by Crippen LogP contribution is 2.27. The van der Waals surface area contributed by atoms with E-state index in [9.17, 15) is 5.11 Å². The van der Waals surface area contributed by atoms with Gasteiger partial charge in [0.1, 0.15) is 5.75 Å². The van der Waals surface area contributed by atoms with Crippen molar-refractivity contribution >= 4 is 0 Å². The molecule has 1 aliphatic rings. The van der Waals surface area contributed by atoms with Crippen LogP contribution >= 0.6 is 0 Å². The van der Waals surface area contributed by atoms with Gasteiger partial charge in [0.15, 0.2) is 0 Å². The summed E-state index contributed by atoms with van der Waals surface area (Å²) in [4.78, 5) is 2.43. The van der Waals surface area contributed by atoms with E-state index in [4.69, 9.17) is 0 Å². The summed E-state index contributed by atoms with van der Waals surface area (Å²) >= 11 is 0. The van der Waals surface area contributed by atoms with Gasteiger partial charge in [0.2, 0.25) is 0 Å². The normalized spacial score (nSPS) is 17.1. The Morgan fingerprint density at radius 2 is 2.14 bits per heavy atom. The minimum absolute atomic E-state index is 0.464. The van der Waals surface area contributed by atoms with Crippen LogP contribution in [-0.4, -0.2) is 22.6 Å². The molecule has 0 saturated carbocycles. The fourth-order valence-electron chi connectivity index (χ4n) is 2.05. The van der Waals surface area contributed by atoms with E-state index in [0.717, 1.165) is 25.1 Å². The summed E-state index contributed by atoms with van der Waals surface area (Å²) in [5.74, 6) is 0.464. The van der Waals surface area contributed by atoms with E-state index in [2.05, 4.69) is 24.8 Å². The van der Waals surface area contributed by atoms with E-state index in [1.807, 2.05) is 6.07 Å². The average molecular weight is 191 g/mol. The minimum atomic E-state index is 0.464. The summed E-state index contributed by atoms with van der Waals surface area (Å²) in [7, 11) is 0. The molecule has 0 fully saturated rings. The number of phenolic OH excluding ortho intramolecular Hbond substituents is 1. The summed E-state index contributed by atoms with van der Waals surface area (Å²) in [6, 6.07) is 6.41. The van der Waals surface area contributed by atoms with Crippen molar-refractivity contribution in [3.63, 3.8) is 0 Å². The lowest BCUT2D eigenvalue weighted by Gasteiger charge is -2.32. The number of aromatic hydroxyl groups is 1. The van der Waals surface area contributed by atoms with E-state index < -0.39 is 0 Å². The van der Waals surface area contributed by atoms with Gasteiger partial charge in [0, 0.05) is 19.1 Å². The van der Waals surface area contributed by atoms with Gasteiger partial charge in [-0.15, -0.1) is 0 Å². The van der Waals surface area contributed by atoms with Crippen molar-refractivity contribution in [2.24, 2.45) is 0 Å². The predicted octanol–water partition coefficient (Wildman–Crippen LogP) is 2.16. The summed E-state index contributed by atoms with van der Waals surface area (Å²) in [6.45, 7) is 6.46. The van der Waals surface area contributed by atoms with Crippen molar-refractivity contribution < 1.29 is 5.11 Å². The second-order valence-corrected chi connectivity index (χ2v) is 4.23. The van der Waals surface area contributed by atoms with E-state index in [0.29, 0.717) is 11.8 Å². The quantitative estimate of drug-likeness (QED) is 0.735. The molecule has 0 bridgehead atoms. The zero-order chi connectivity index (χ0) is 10.1. The van der Waals surface area contributed by atoms with Gasteiger partial charge in [-0.2, -0.15) is 0 Å². The zero-order valence-electron chi connectivity index (χ0n) is 8.83. The molecule has 76 valence electrons. The maximum atomic E-state index is 9.66. The Morgan fingerprint density at radius 3 is 2.86 bits per heavy atom. The van der Waals surface area contributed by atoms with Gasteiger partial charge < -0.3 is 5.11 Å². The molecular formula is C12H17NO. The van der Waals surface area contributed by atoms with E-state index in [-0.39, 0.29) is 0 Å². The first-order valence-corrected chi connectivity index (χ1v) is 5.22. The maximum absolute atomic E-state index is 9.66. The third-order valence-electron chi connectivity index (χ3n) is 3.00. The van der Waals surface area contributed by atoms with Crippen LogP contribution in [0, 0.1) is 0 Å². The summed E-state index contributed by atoms with van der Waals surface area (Å²) in [5.41, 5.74) is 2.43. The number of hydrogen-bond donors (Lipinski definition) is 1. The summed E-state index contributed by atoms with van der Waals surface area (Å²) in [5, 5.41) is 9.66. The number of benzene rings is 1. The molecule has 14 heavy (non-hydrogen) atoms. The molecule has 1 N–H and O–H groups in total. The van der Waals surface area contributed by atoms with Gasteiger partial charge in [0.05, 0.1) is 0 Å². The van der Waals surface area contributed by atoms with Crippen LogP contribution in [0.25, 0.3) is 0 Å². The van der Waals surface area contributed by atoms with E-state index in [1.54, 1.807) is 6.07 Å². The molecule has 1 aromatic carbocycles. The molecular weight excluding hydrogens is 174 g/mol. The van der Waals surface area contributed by atoms with Crippen LogP contribution in [0.1, 0.15) is 25.0 Å². The second-order valence-electron chi connectivity index (χ2n) is 4.23. The Balaban J connectivity index is 2.27. The molecule has 0 saturated heterocycles. The Kier molecular flexibility index (Phi) is 2.46. The topological polar surface area (TPSA) is 23.5 Å². The summed E-state index contributed by atoms with van der Waals surface area (Å²) in [6.07, 6.45) is 0.972. The highest BCUT2D eigenvalue weighted by atomic mass is 16.3. The second kappa shape index (κ2) is 3.62. The molecule has 0 radical (unpaired) electrons. The van der Waals surface area contributed by atoms with Gasteiger partial charge in [-0.25, -0.2) is 0 Å². The molecule has 2 rings (SSSR count).